The van der Waals surface area contributed by atoms with Gasteiger partial charge in [-0.3, -0.25) is 10.00 Å². The summed E-state index contributed by atoms with van der Waals surface area (Å²) in [4.78, 5) is 1.63. The molecule has 0 amide bonds. The fourth-order valence-corrected chi connectivity index (χ4v) is 3.79. The standard InChI is InChI=1S/C17H10FN4S/c18-12-6-4-11(5-7-12)16-9-23-17(22(16)10-19)13-2-1-3-15-14(13)8-20-21-15/h1-7,9,17H,(H,20,21). The van der Waals surface area contributed by atoms with E-state index < -0.39 is 0 Å². The van der Waals surface area contributed by atoms with E-state index in [4.69, 9.17) is 0 Å². The summed E-state index contributed by atoms with van der Waals surface area (Å²) in [6.45, 7) is 0. The molecule has 1 unspecified atom stereocenters. The third-order valence-corrected chi connectivity index (χ3v) is 4.83. The van der Waals surface area contributed by atoms with Gasteiger partial charge in [-0.2, -0.15) is 10.4 Å². The molecule has 0 saturated carbocycles. The van der Waals surface area contributed by atoms with Gasteiger partial charge < -0.3 is 0 Å². The Morgan fingerprint density at radius 1 is 1.26 bits per heavy atom. The molecule has 1 N–H and O–H groups in total. The summed E-state index contributed by atoms with van der Waals surface area (Å²) in [5, 5.41) is 19.1. The first-order chi connectivity index (χ1) is 11.3. The largest absolute Gasteiger partial charge is 0.275 e. The van der Waals surface area contributed by atoms with E-state index in [1.807, 2.05) is 23.6 Å². The van der Waals surface area contributed by atoms with Gasteiger partial charge in [0.25, 0.3) is 0 Å². The molecule has 0 aliphatic carbocycles. The number of rotatable bonds is 2. The van der Waals surface area contributed by atoms with Gasteiger partial charge in [0.15, 0.2) is 6.19 Å². The van der Waals surface area contributed by atoms with Gasteiger partial charge >= 0.3 is 0 Å². The molecule has 4 nitrogen and oxygen atoms in total. The van der Waals surface area contributed by atoms with Crippen molar-refractivity contribution in [1.29, 1.82) is 5.26 Å². The first-order valence-electron chi connectivity index (χ1n) is 6.93. The number of thioether (sulfide) groups is 1. The third kappa shape index (κ3) is 2.26. The Bertz CT molecular complexity index is 939. The van der Waals surface area contributed by atoms with Crippen molar-refractivity contribution in [3.05, 3.63) is 71.0 Å². The maximum absolute atomic E-state index is 13.1. The zero-order valence-corrected chi connectivity index (χ0v) is 12.6. The Labute approximate surface area is 136 Å². The van der Waals surface area contributed by atoms with E-state index in [-0.39, 0.29) is 11.2 Å². The molecule has 23 heavy (non-hydrogen) atoms. The molecule has 0 bridgehead atoms. The van der Waals surface area contributed by atoms with Crippen molar-refractivity contribution in [2.75, 3.05) is 0 Å². The molecular formula is C17H10FN4S. The fraction of sp³-hybridized carbons (Fsp3) is 0.0588. The number of fused-ring (bicyclic) bond motifs is 1. The van der Waals surface area contributed by atoms with Crippen LogP contribution in [0.3, 0.4) is 0 Å². The summed E-state index contributed by atoms with van der Waals surface area (Å²) in [5.74, 6) is -0.294. The molecule has 0 saturated heterocycles. The van der Waals surface area contributed by atoms with Gasteiger partial charge in [-0.05, 0) is 46.9 Å². The maximum atomic E-state index is 13.1. The van der Waals surface area contributed by atoms with Crippen molar-refractivity contribution < 1.29 is 4.39 Å². The molecule has 0 spiro atoms. The minimum atomic E-state index is -0.294. The molecule has 1 radical (unpaired) electrons. The predicted octanol–water partition coefficient (Wildman–Crippen LogP) is 4.03. The Morgan fingerprint density at radius 3 is 2.87 bits per heavy atom. The molecule has 2 aromatic carbocycles. The lowest BCUT2D eigenvalue weighted by Gasteiger charge is -2.22. The molecule has 3 aromatic rings. The number of aromatic amines is 1. The number of H-pyrrole nitrogens is 1. The van der Waals surface area contributed by atoms with Crippen LogP contribution < -0.4 is 0 Å². The minimum Gasteiger partial charge on any atom is -0.275 e. The molecule has 111 valence electrons. The summed E-state index contributed by atoms with van der Waals surface area (Å²) >= 11 is 1.54. The van der Waals surface area contributed by atoms with E-state index in [0.29, 0.717) is 0 Å². The van der Waals surface area contributed by atoms with Crippen molar-refractivity contribution in [2.24, 2.45) is 0 Å². The first-order valence-corrected chi connectivity index (χ1v) is 7.87. The van der Waals surface area contributed by atoms with Gasteiger partial charge in [0.1, 0.15) is 11.2 Å². The average molecular weight is 321 g/mol. The van der Waals surface area contributed by atoms with Crippen molar-refractivity contribution in [3.63, 3.8) is 0 Å². The van der Waals surface area contributed by atoms with E-state index in [9.17, 15) is 9.65 Å². The Kier molecular flexibility index (Phi) is 3.28. The van der Waals surface area contributed by atoms with Crippen molar-refractivity contribution in [2.45, 2.75) is 5.37 Å². The number of nitriles is 1. The second-order valence-electron chi connectivity index (χ2n) is 5.06. The lowest BCUT2D eigenvalue weighted by molar-refractivity contribution is 0.543. The van der Waals surface area contributed by atoms with Gasteiger partial charge in [0, 0.05) is 5.39 Å². The quantitative estimate of drug-likeness (QED) is 0.724. The van der Waals surface area contributed by atoms with Crippen LogP contribution in [0, 0.1) is 23.5 Å². The van der Waals surface area contributed by atoms with Crippen LogP contribution in [0.4, 0.5) is 4.39 Å². The van der Waals surface area contributed by atoms with E-state index >= 15 is 0 Å². The summed E-state index contributed by atoms with van der Waals surface area (Å²) in [7, 11) is 0. The van der Waals surface area contributed by atoms with Gasteiger partial charge in [-0.15, -0.1) is 11.8 Å². The van der Waals surface area contributed by atoms with E-state index in [1.54, 1.807) is 17.0 Å². The van der Waals surface area contributed by atoms with Crippen molar-refractivity contribution >= 4 is 28.4 Å². The highest BCUT2D eigenvalue weighted by molar-refractivity contribution is 8.02. The van der Waals surface area contributed by atoms with Gasteiger partial charge in [0.05, 0.1) is 17.4 Å². The van der Waals surface area contributed by atoms with Crippen molar-refractivity contribution in [3.8, 4) is 6.19 Å². The third-order valence-electron chi connectivity index (χ3n) is 3.75. The lowest BCUT2D eigenvalue weighted by Crippen LogP contribution is -2.16. The van der Waals surface area contributed by atoms with Crippen LogP contribution in [0.15, 0.2) is 47.9 Å². The van der Waals surface area contributed by atoms with Crippen LogP contribution in [0.1, 0.15) is 16.5 Å². The number of nitrogens with zero attached hydrogens (tertiary/aromatic N) is 3. The van der Waals surface area contributed by atoms with E-state index in [2.05, 4.69) is 22.6 Å². The van der Waals surface area contributed by atoms with Crippen molar-refractivity contribution in [1.82, 2.24) is 15.1 Å². The summed E-state index contributed by atoms with van der Waals surface area (Å²) in [6.07, 6.45) is 5.25. The van der Waals surface area contributed by atoms with E-state index in [0.717, 1.165) is 27.7 Å². The highest BCUT2D eigenvalue weighted by Crippen LogP contribution is 2.46. The van der Waals surface area contributed by atoms with E-state index in [1.165, 1.54) is 23.9 Å². The Hall–Kier alpha value is -2.78. The lowest BCUT2D eigenvalue weighted by atomic mass is 10.1. The SMILES string of the molecule is N#CN1C(c2ccc(F)cc2)=CSC1c1cccc2n[nH][c]c12. The second-order valence-corrected chi connectivity index (χ2v) is 6.01. The summed E-state index contributed by atoms with van der Waals surface area (Å²) in [6, 6.07) is 11.9. The normalized spacial score (nSPS) is 17.3. The molecule has 1 atom stereocenters. The molecule has 1 aliphatic heterocycles. The number of nitrogens with one attached hydrogen (secondary N) is 1. The van der Waals surface area contributed by atoms with Gasteiger partial charge in [0.2, 0.25) is 0 Å². The van der Waals surface area contributed by atoms with Crippen LogP contribution >= 0.6 is 11.8 Å². The molecule has 2 heterocycles. The number of hydrogen-bond donors (Lipinski definition) is 1. The molecule has 4 rings (SSSR count). The first kappa shape index (κ1) is 13.9. The number of aromatic nitrogens is 2. The van der Waals surface area contributed by atoms with Crippen LogP contribution in [0.5, 0.6) is 0 Å². The summed E-state index contributed by atoms with van der Waals surface area (Å²) < 4.78 is 13.1. The maximum Gasteiger partial charge on any atom is 0.185 e. The highest BCUT2D eigenvalue weighted by atomic mass is 32.2. The zero-order chi connectivity index (χ0) is 15.8. The fourth-order valence-electron chi connectivity index (χ4n) is 2.66. The van der Waals surface area contributed by atoms with Crippen LogP contribution in [0.2, 0.25) is 0 Å². The Balaban J connectivity index is 1.74. The minimum absolute atomic E-state index is 0.183. The van der Waals surface area contributed by atoms with Gasteiger partial charge in [-0.1, -0.05) is 12.1 Å². The van der Waals surface area contributed by atoms with Gasteiger partial charge in [-0.25, -0.2) is 4.39 Å². The predicted molar refractivity (Wildman–Crippen MR) is 87.1 cm³/mol. The average Bonchev–Trinajstić information content (AvgIpc) is 3.21. The molecule has 1 aliphatic rings. The molecule has 1 aromatic heterocycles. The summed E-state index contributed by atoms with van der Waals surface area (Å²) in [5.41, 5.74) is 3.36. The Morgan fingerprint density at radius 2 is 2.09 bits per heavy atom. The zero-order valence-electron chi connectivity index (χ0n) is 11.8. The van der Waals surface area contributed by atoms with Crippen LogP contribution in [-0.2, 0) is 0 Å². The topological polar surface area (TPSA) is 55.7 Å². The second kappa shape index (κ2) is 5.45. The monoisotopic (exact) mass is 321 g/mol. The molecule has 6 heteroatoms. The highest BCUT2D eigenvalue weighted by Gasteiger charge is 2.30. The van der Waals surface area contributed by atoms with Crippen LogP contribution in [-0.4, -0.2) is 15.1 Å². The number of hydrogen-bond acceptors (Lipinski definition) is 4. The van der Waals surface area contributed by atoms with Crippen LogP contribution in [0.25, 0.3) is 16.6 Å². The number of benzene rings is 2. The molecular weight excluding hydrogens is 311 g/mol. The molecule has 0 fully saturated rings. The smallest absolute Gasteiger partial charge is 0.185 e. The number of halogens is 1.